The Morgan fingerprint density at radius 3 is 2.57 bits per heavy atom. The highest BCUT2D eigenvalue weighted by Gasteiger charge is 2.33. The number of para-hydroxylation sites is 1. The van der Waals surface area contributed by atoms with Gasteiger partial charge in [0.2, 0.25) is 11.8 Å². The van der Waals surface area contributed by atoms with E-state index in [1.807, 2.05) is 11.0 Å². The first-order chi connectivity index (χ1) is 13.5. The van der Waals surface area contributed by atoms with E-state index in [2.05, 4.69) is 24.1 Å². The second kappa shape index (κ2) is 9.37. The predicted molar refractivity (Wildman–Crippen MR) is 108 cm³/mol. The molecule has 154 valence electrons. The molecule has 2 saturated heterocycles. The molecule has 28 heavy (non-hydrogen) atoms. The van der Waals surface area contributed by atoms with E-state index in [0.29, 0.717) is 44.3 Å². The summed E-state index contributed by atoms with van der Waals surface area (Å²) in [5.41, 5.74) is 0.584. The number of piperazine rings is 2. The molecule has 0 bridgehead atoms. The molecule has 2 aliphatic rings. The van der Waals surface area contributed by atoms with Crippen molar-refractivity contribution in [3.05, 3.63) is 30.1 Å². The van der Waals surface area contributed by atoms with Crippen LogP contribution >= 0.6 is 0 Å². The van der Waals surface area contributed by atoms with E-state index in [4.69, 9.17) is 0 Å². The summed E-state index contributed by atoms with van der Waals surface area (Å²) in [5.74, 6) is 0.285. The number of benzene rings is 1. The fourth-order valence-corrected chi connectivity index (χ4v) is 3.88. The van der Waals surface area contributed by atoms with Crippen LogP contribution < -0.4 is 10.2 Å². The molecule has 0 saturated carbocycles. The van der Waals surface area contributed by atoms with Crippen molar-refractivity contribution >= 4 is 17.5 Å². The maximum absolute atomic E-state index is 14.0. The lowest BCUT2D eigenvalue weighted by Crippen LogP contribution is -2.58. The number of nitrogens with one attached hydrogen (secondary N) is 1. The molecule has 1 atom stereocenters. The van der Waals surface area contributed by atoms with Crippen molar-refractivity contribution < 1.29 is 14.0 Å². The van der Waals surface area contributed by atoms with Crippen LogP contribution in [-0.4, -0.2) is 73.5 Å². The third kappa shape index (κ3) is 5.01. The van der Waals surface area contributed by atoms with Crippen molar-refractivity contribution in [1.29, 1.82) is 0 Å². The van der Waals surface area contributed by atoms with E-state index in [9.17, 15) is 14.0 Å². The van der Waals surface area contributed by atoms with Crippen LogP contribution in [0, 0.1) is 11.7 Å². The molecule has 0 aromatic heterocycles. The van der Waals surface area contributed by atoms with Gasteiger partial charge in [0.05, 0.1) is 18.2 Å². The fourth-order valence-electron chi connectivity index (χ4n) is 3.88. The zero-order valence-corrected chi connectivity index (χ0v) is 16.9. The maximum Gasteiger partial charge on any atom is 0.237 e. The molecule has 1 unspecified atom stereocenters. The first kappa shape index (κ1) is 20.6. The van der Waals surface area contributed by atoms with E-state index >= 15 is 0 Å². The van der Waals surface area contributed by atoms with Crippen molar-refractivity contribution in [2.75, 3.05) is 50.7 Å². The van der Waals surface area contributed by atoms with E-state index < -0.39 is 0 Å². The monoisotopic (exact) mass is 390 g/mol. The molecular weight excluding hydrogens is 359 g/mol. The molecule has 0 aliphatic carbocycles. The van der Waals surface area contributed by atoms with Crippen LogP contribution in [0.2, 0.25) is 0 Å². The number of hydrogen-bond donors (Lipinski definition) is 1. The number of carbonyl (C=O) groups is 2. The summed E-state index contributed by atoms with van der Waals surface area (Å²) in [4.78, 5) is 31.1. The average Bonchev–Trinajstić information content (AvgIpc) is 2.69. The number of nitrogens with zero attached hydrogens (tertiary/aromatic N) is 3. The minimum atomic E-state index is -0.385. The van der Waals surface area contributed by atoms with E-state index in [-0.39, 0.29) is 30.1 Å². The Morgan fingerprint density at radius 1 is 1.18 bits per heavy atom. The molecule has 1 aromatic rings. The molecule has 7 heteroatoms. The maximum atomic E-state index is 14.0. The molecule has 2 aliphatic heterocycles. The lowest BCUT2D eigenvalue weighted by atomic mass is 10.0. The number of carbonyl (C=O) groups excluding carboxylic acids is 2. The van der Waals surface area contributed by atoms with Crippen LogP contribution in [0.3, 0.4) is 0 Å². The van der Waals surface area contributed by atoms with Crippen molar-refractivity contribution in [3.63, 3.8) is 0 Å². The molecule has 2 amide bonds. The van der Waals surface area contributed by atoms with Crippen LogP contribution in [0.15, 0.2) is 24.3 Å². The Hall–Kier alpha value is -2.15. The second-order valence-corrected chi connectivity index (χ2v) is 8.05. The lowest BCUT2D eigenvalue weighted by molar-refractivity contribution is -0.139. The molecule has 2 fully saturated rings. The zero-order valence-electron chi connectivity index (χ0n) is 16.9. The minimum Gasteiger partial charge on any atom is -0.366 e. The molecule has 6 nitrogen and oxygen atoms in total. The summed E-state index contributed by atoms with van der Waals surface area (Å²) in [6.45, 7) is 8.89. The molecule has 0 radical (unpaired) electrons. The Morgan fingerprint density at radius 2 is 1.89 bits per heavy atom. The molecule has 0 spiro atoms. The molecule has 2 heterocycles. The third-order valence-electron chi connectivity index (χ3n) is 5.63. The average molecular weight is 391 g/mol. The smallest absolute Gasteiger partial charge is 0.237 e. The predicted octanol–water partition coefficient (Wildman–Crippen LogP) is 1.71. The molecular formula is C21H31FN4O2. The van der Waals surface area contributed by atoms with Gasteiger partial charge in [-0.2, -0.15) is 0 Å². The third-order valence-corrected chi connectivity index (χ3v) is 5.63. The second-order valence-electron chi connectivity index (χ2n) is 8.05. The van der Waals surface area contributed by atoms with Gasteiger partial charge < -0.3 is 15.1 Å². The van der Waals surface area contributed by atoms with E-state index in [1.165, 1.54) is 6.07 Å². The van der Waals surface area contributed by atoms with Gasteiger partial charge in [0.15, 0.2) is 0 Å². The lowest BCUT2D eigenvalue weighted by Gasteiger charge is -2.39. The summed E-state index contributed by atoms with van der Waals surface area (Å²) < 4.78 is 14.0. The van der Waals surface area contributed by atoms with Gasteiger partial charge in [0.1, 0.15) is 5.82 Å². The highest BCUT2D eigenvalue weighted by atomic mass is 19.1. The molecule has 1 aromatic carbocycles. The highest BCUT2D eigenvalue weighted by molar-refractivity contribution is 5.89. The van der Waals surface area contributed by atoms with Gasteiger partial charge in [-0.25, -0.2) is 4.39 Å². The Balaban J connectivity index is 1.55. The largest absolute Gasteiger partial charge is 0.366 e. The first-order valence-electron chi connectivity index (χ1n) is 10.2. The van der Waals surface area contributed by atoms with Crippen LogP contribution in [0.5, 0.6) is 0 Å². The molecule has 1 N–H and O–H groups in total. The van der Waals surface area contributed by atoms with Gasteiger partial charge in [-0.1, -0.05) is 26.0 Å². The van der Waals surface area contributed by atoms with Gasteiger partial charge >= 0.3 is 0 Å². The van der Waals surface area contributed by atoms with E-state index in [1.54, 1.807) is 17.0 Å². The van der Waals surface area contributed by atoms with Gasteiger partial charge in [-0.15, -0.1) is 0 Å². The number of halogens is 1. The Kier molecular flexibility index (Phi) is 6.88. The Bertz CT molecular complexity index is 689. The number of hydrogen-bond acceptors (Lipinski definition) is 4. The van der Waals surface area contributed by atoms with Gasteiger partial charge in [-0.3, -0.25) is 14.5 Å². The van der Waals surface area contributed by atoms with Crippen molar-refractivity contribution in [3.8, 4) is 0 Å². The van der Waals surface area contributed by atoms with E-state index in [0.717, 1.165) is 19.5 Å². The number of amides is 2. The number of anilines is 1. The summed E-state index contributed by atoms with van der Waals surface area (Å²) in [5, 5.41) is 2.89. The zero-order chi connectivity index (χ0) is 20.1. The van der Waals surface area contributed by atoms with Crippen LogP contribution in [0.25, 0.3) is 0 Å². The van der Waals surface area contributed by atoms with Gasteiger partial charge in [0, 0.05) is 39.3 Å². The summed E-state index contributed by atoms with van der Waals surface area (Å²) >= 11 is 0. The highest BCUT2D eigenvalue weighted by Crippen LogP contribution is 2.21. The molecule has 3 rings (SSSR count). The van der Waals surface area contributed by atoms with Crippen LogP contribution in [0.4, 0.5) is 10.1 Å². The van der Waals surface area contributed by atoms with Crippen molar-refractivity contribution in [1.82, 2.24) is 15.1 Å². The first-order valence-corrected chi connectivity index (χ1v) is 10.2. The fraction of sp³-hybridized carbons (Fsp3) is 0.619. The Labute approximate surface area is 166 Å². The topological polar surface area (TPSA) is 55.9 Å². The standard InChI is InChI=1S/C21H31FN4O2/c1-16(2)7-9-24-10-8-23-21(28)19(24)15-20(27)26-13-11-25(12-14-26)18-6-4-3-5-17(18)22/h3-6,16,19H,7-15H2,1-2H3,(H,23,28). The quantitative estimate of drug-likeness (QED) is 0.804. The normalized spacial score (nSPS) is 21.1. The summed E-state index contributed by atoms with van der Waals surface area (Å²) in [6, 6.07) is 6.35. The van der Waals surface area contributed by atoms with Gasteiger partial charge in [-0.05, 0) is 31.0 Å². The van der Waals surface area contributed by atoms with Crippen molar-refractivity contribution in [2.24, 2.45) is 5.92 Å². The van der Waals surface area contributed by atoms with Gasteiger partial charge in [0.25, 0.3) is 0 Å². The summed E-state index contributed by atoms with van der Waals surface area (Å²) in [6.07, 6.45) is 1.23. The SMILES string of the molecule is CC(C)CCN1CCNC(=O)C1CC(=O)N1CCN(c2ccccc2F)CC1. The van der Waals surface area contributed by atoms with Crippen LogP contribution in [-0.2, 0) is 9.59 Å². The van der Waals surface area contributed by atoms with Crippen molar-refractivity contribution in [2.45, 2.75) is 32.7 Å². The number of rotatable bonds is 6. The minimum absolute atomic E-state index is 0.00443. The summed E-state index contributed by atoms with van der Waals surface area (Å²) in [7, 11) is 0. The van der Waals surface area contributed by atoms with Crippen LogP contribution in [0.1, 0.15) is 26.7 Å².